The molecule has 1 aromatic heterocycles. The van der Waals surface area contributed by atoms with Crippen LogP contribution in [-0.4, -0.2) is 44.3 Å². The lowest BCUT2D eigenvalue weighted by Gasteiger charge is -2.13. The van der Waals surface area contributed by atoms with Crippen LogP contribution in [0.2, 0.25) is 0 Å². The van der Waals surface area contributed by atoms with Crippen molar-refractivity contribution in [2.75, 3.05) is 32.1 Å². The van der Waals surface area contributed by atoms with Crippen molar-refractivity contribution in [3.8, 4) is 0 Å². The van der Waals surface area contributed by atoms with Crippen molar-refractivity contribution in [2.45, 2.75) is 26.1 Å². The summed E-state index contributed by atoms with van der Waals surface area (Å²) in [7, 11) is 3.77. The van der Waals surface area contributed by atoms with Gasteiger partial charge in [0.15, 0.2) is 5.96 Å². The first kappa shape index (κ1) is 18.1. The minimum atomic E-state index is -4.17. The van der Waals surface area contributed by atoms with Gasteiger partial charge in [-0.1, -0.05) is 0 Å². The molecule has 0 aromatic carbocycles. The molecule has 0 radical (unpaired) electrons. The van der Waals surface area contributed by atoms with Gasteiger partial charge in [-0.25, -0.2) is 9.98 Å². The van der Waals surface area contributed by atoms with Crippen LogP contribution in [0.25, 0.3) is 0 Å². The number of anilines is 1. The zero-order chi connectivity index (χ0) is 16.6. The zero-order valence-corrected chi connectivity index (χ0v) is 13.0. The van der Waals surface area contributed by atoms with E-state index in [-0.39, 0.29) is 6.54 Å². The second-order valence-corrected chi connectivity index (χ2v) is 4.90. The summed E-state index contributed by atoms with van der Waals surface area (Å²) in [6.07, 6.45) is -3.38. The molecule has 124 valence electrons. The van der Waals surface area contributed by atoms with Crippen LogP contribution in [0, 0.1) is 0 Å². The van der Waals surface area contributed by atoms with E-state index in [9.17, 15) is 13.2 Å². The molecule has 0 atom stereocenters. The Labute approximate surface area is 128 Å². The van der Waals surface area contributed by atoms with Gasteiger partial charge in [-0.2, -0.15) is 13.2 Å². The van der Waals surface area contributed by atoms with Gasteiger partial charge in [0, 0.05) is 33.4 Å². The molecule has 0 saturated carbocycles. The van der Waals surface area contributed by atoms with Crippen LogP contribution in [0.15, 0.2) is 23.3 Å². The number of hydrogen-bond acceptors (Lipinski definition) is 3. The van der Waals surface area contributed by atoms with Crippen molar-refractivity contribution in [3.05, 3.63) is 23.9 Å². The van der Waals surface area contributed by atoms with Crippen molar-refractivity contribution in [2.24, 2.45) is 4.99 Å². The predicted octanol–water partition coefficient (Wildman–Crippen LogP) is 2.16. The van der Waals surface area contributed by atoms with E-state index in [4.69, 9.17) is 0 Å². The first-order chi connectivity index (χ1) is 10.3. The Morgan fingerprint density at radius 2 is 2.05 bits per heavy atom. The summed E-state index contributed by atoms with van der Waals surface area (Å²) in [6, 6.07) is 3.72. The van der Waals surface area contributed by atoms with E-state index in [0.717, 1.165) is 11.4 Å². The Morgan fingerprint density at radius 3 is 2.64 bits per heavy atom. The third-order valence-corrected chi connectivity index (χ3v) is 2.73. The molecular formula is C14H22F3N5. The number of alkyl halides is 3. The first-order valence-corrected chi connectivity index (χ1v) is 7.03. The molecule has 1 heterocycles. The van der Waals surface area contributed by atoms with E-state index in [1.165, 1.54) is 0 Å². The summed E-state index contributed by atoms with van der Waals surface area (Å²) in [4.78, 5) is 10.4. The third-order valence-electron chi connectivity index (χ3n) is 2.73. The maximum absolute atomic E-state index is 12.2. The van der Waals surface area contributed by atoms with Gasteiger partial charge in [-0.15, -0.1) is 0 Å². The molecule has 0 aliphatic carbocycles. The van der Waals surface area contributed by atoms with Crippen LogP contribution in [0.3, 0.4) is 0 Å². The Hall–Kier alpha value is -1.99. The molecule has 1 aromatic rings. The van der Waals surface area contributed by atoms with Crippen molar-refractivity contribution in [3.63, 3.8) is 0 Å². The number of nitrogens with one attached hydrogen (secondary N) is 2. The molecule has 2 N–H and O–H groups in total. The SMILES string of the molecule is CCNC(=NCc1ccnc(N(C)C)c1)NCCC(F)(F)F. The highest BCUT2D eigenvalue weighted by Crippen LogP contribution is 2.18. The Bertz CT molecular complexity index is 486. The van der Waals surface area contributed by atoms with Gasteiger partial charge in [0.2, 0.25) is 0 Å². The number of nitrogens with zero attached hydrogens (tertiary/aromatic N) is 3. The molecule has 0 amide bonds. The molecule has 0 bridgehead atoms. The van der Waals surface area contributed by atoms with Gasteiger partial charge in [0.25, 0.3) is 0 Å². The highest BCUT2D eigenvalue weighted by Gasteiger charge is 2.26. The molecule has 0 aliphatic rings. The standard InChI is InChI=1S/C14H22F3N5/c1-4-18-13(20-8-6-14(15,16)17)21-10-11-5-7-19-12(9-11)22(2)3/h5,7,9H,4,6,8,10H2,1-3H3,(H2,18,20,21). The average Bonchev–Trinajstić information content (AvgIpc) is 2.43. The number of guanidine groups is 1. The maximum Gasteiger partial charge on any atom is 0.390 e. The molecule has 22 heavy (non-hydrogen) atoms. The van der Waals surface area contributed by atoms with Crippen LogP contribution >= 0.6 is 0 Å². The molecule has 0 unspecified atom stereocenters. The van der Waals surface area contributed by atoms with Crippen molar-refractivity contribution in [1.82, 2.24) is 15.6 Å². The van der Waals surface area contributed by atoms with E-state index in [1.54, 1.807) is 6.20 Å². The van der Waals surface area contributed by atoms with Crippen molar-refractivity contribution < 1.29 is 13.2 Å². The molecule has 8 heteroatoms. The number of aromatic nitrogens is 1. The fraction of sp³-hybridized carbons (Fsp3) is 0.571. The van der Waals surface area contributed by atoms with Gasteiger partial charge < -0.3 is 15.5 Å². The van der Waals surface area contributed by atoms with Gasteiger partial charge in [-0.05, 0) is 24.6 Å². The number of halogens is 3. The fourth-order valence-corrected chi connectivity index (χ4v) is 1.64. The van der Waals surface area contributed by atoms with Crippen molar-refractivity contribution >= 4 is 11.8 Å². The van der Waals surface area contributed by atoms with Crippen LogP contribution in [0.1, 0.15) is 18.9 Å². The summed E-state index contributed by atoms with van der Waals surface area (Å²) < 4.78 is 36.5. The number of hydrogen-bond donors (Lipinski definition) is 2. The lowest BCUT2D eigenvalue weighted by molar-refractivity contribution is -0.132. The van der Waals surface area contributed by atoms with Crippen LogP contribution in [0.5, 0.6) is 0 Å². The lowest BCUT2D eigenvalue weighted by atomic mass is 10.2. The summed E-state index contributed by atoms with van der Waals surface area (Å²) >= 11 is 0. The normalized spacial score (nSPS) is 12.2. The second kappa shape index (κ2) is 8.45. The maximum atomic E-state index is 12.2. The van der Waals surface area contributed by atoms with E-state index in [0.29, 0.717) is 19.0 Å². The number of rotatable bonds is 6. The largest absolute Gasteiger partial charge is 0.390 e. The van der Waals surface area contributed by atoms with Crippen LogP contribution in [0.4, 0.5) is 19.0 Å². The molecule has 1 rings (SSSR count). The van der Waals surface area contributed by atoms with Crippen LogP contribution in [-0.2, 0) is 6.54 Å². The first-order valence-electron chi connectivity index (χ1n) is 7.03. The summed E-state index contributed by atoms with van der Waals surface area (Å²) in [5.41, 5.74) is 0.937. The highest BCUT2D eigenvalue weighted by atomic mass is 19.4. The topological polar surface area (TPSA) is 52.6 Å². The monoisotopic (exact) mass is 317 g/mol. The molecule has 5 nitrogen and oxygen atoms in total. The quantitative estimate of drug-likeness (QED) is 0.623. The molecule has 0 aliphatic heterocycles. The Kier molecular flexibility index (Phi) is 6.94. The van der Waals surface area contributed by atoms with Crippen molar-refractivity contribution in [1.29, 1.82) is 0 Å². The highest BCUT2D eigenvalue weighted by molar-refractivity contribution is 5.79. The predicted molar refractivity (Wildman–Crippen MR) is 82.1 cm³/mol. The van der Waals surface area contributed by atoms with Gasteiger partial charge in [-0.3, -0.25) is 0 Å². The van der Waals surface area contributed by atoms with Crippen LogP contribution < -0.4 is 15.5 Å². The van der Waals surface area contributed by atoms with E-state index >= 15 is 0 Å². The van der Waals surface area contributed by atoms with E-state index < -0.39 is 12.6 Å². The van der Waals surface area contributed by atoms with E-state index in [2.05, 4.69) is 20.6 Å². The lowest BCUT2D eigenvalue weighted by Crippen LogP contribution is -2.38. The van der Waals surface area contributed by atoms with E-state index in [1.807, 2.05) is 38.1 Å². The van der Waals surface area contributed by atoms with Gasteiger partial charge in [0.1, 0.15) is 5.82 Å². The molecule has 0 saturated heterocycles. The van der Waals surface area contributed by atoms with Gasteiger partial charge in [0.05, 0.1) is 13.0 Å². The number of pyridine rings is 1. The second-order valence-electron chi connectivity index (χ2n) is 4.90. The minimum Gasteiger partial charge on any atom is -0.363 e. The summed E-state index contributed by atoms with van der Waals surface area (Å²) in [5, 5.41) is 5.60. The Morgan fingerprint density at radius 1 is 1.32 bits per heavy atom. The molecule has 0 fully saturated rings. The minimum absolute atomic E-state index is 0.200. The Balaban J connectivity index is 2.63. The summed E-state index contributed by atoms with van der Waals surface area (Å²) in [5.74, 6) is 1.18. The number of aliphatic imine (C=N–C) groups is 1. The smallest absolute Gasteiger partial charge is 0.363 e. The summed E-state index contributed by atoms with van der Waals surface area (Å²) in [6.45, 7) is 2.61. The molecule has 0 spiro atoms. The third kappa shape index (κ3) is 7.14. The average molecular weight is 317 g/mol. The molecular weight excluding hydrogens is 295 g/mol. The fourth-order valence-electron chi connectivity index (χ4n) is 1.64. The zero-order valence-electron chi connectivity index (χ0n) is 13.0. The van der Waals surface area contributed by atoms with Gasteiger partial charge >= 0.3 is 6.18 Å².